The Balaban J connectivity index is 1.97. The van der Waals surface area contributed by atoms with E-state index >= 15 is 0 Å². The largest absolute Gasteiger partial charge is 0.493 e. The van der Waals surface area contributed by atoms with E-state index in [4.69, 9.17) is 14.2 Å². The van der Waals surface area contributed by atoms with Gasteiger partial charge in [0.1, 0.15) is 0 Å². The van der Waals surface area contributed by atoms with Gasteiger partial charge in [-0.1, -0.05) is 81.6 Å². The summed E-state index contributed by atoms with van der Waals surface area (Å²) < 4.78 is 15.9. The molecule has 0 aliphatic rings. The van der Waals surface area contributed by atoms with E-state index in [1.165, 1.54) is 44.9 Å². The number of allylic oxidation sites excluding steroid dienone is 4. The highest BCUT2D eigenvalue weighted by molar-refractivity contribution is 5.69. The fourth-order valence-corrected chi connectivity index (χ4v) is 3.57. The third-order valence-electron chi connectivity index (χ3n) is 5.60. The molecule has 0 N–H and O–H groups in total. The molecule has 190 valence electrons. The van der Waals surface area contributed by atoms with Crippen molar-refractivity contribution < 1.29 is 19.0 Å². The first-order chi connectivity index (χ1) is 16.7. The summed E-state index contributed by atoms with van der Waals surface area (Å²) in [5, 5.41) is 0. The van der Waals surface area contributed by atoms with Gasteiger partial charge in [0.2, 0.25) is 0 Å². The lowest BCUT2D eigenvalue weighted by atomic mass is 10.1. The van der Waals surface area contributed by atoms with Crippen LogP contribution in [0.5, 0.6) is 11.5 Å². The predicted octanol–water partition coefficient (Wildman–Crippen LogP) is 8.46. The van der Waals surface area contributed by atoms with E-state index < -0.39 is 0 Å². The third-order valence-corrected chi connectivity index (χ3v) is 5.60. The number of ether oxygens (including phenoxy) is 3. The molecule has 34 heavy (non-hydrogen) atoms. The zero-order valence-electron chi connectivity index (χ0n) is 21.7. The molecule has 0 aliphatic heterocycles. The zero-order valence-corrected chi connectivity index (χ0v) is 21.7. The van der Waals surface area contributed by atoms with E-state index in [1.807, 2.05) is 30.4 Å². The van der Waals surface area contributed by atoms with Gasteiger partial charge in [-0.3, -0.25) is 4.79 Å². The van der Waals surface area contributed by atoms with Crippen LogP contribution in [0.4, 0.5) is 0 Å². The van der Waals surface area contributed by atoms with E-state index in [1.54, 1.807) is 14.2 Å². The van der Waals surface area contributed by atoms with Crippen LogP contribution in [0.1, 0.15) is 96.0 Å². The van der Waals surface area contributed by atoms with Gasteiger partial charge in [-0.2, -0.15) is 0 Å². The highest BCUT2D eigenvalue weighted by Crippen LogP contribution is 2.28. The van der Waals surface area contributed by atoms with Crippen molar-refractivity contribution in [3.05, 3.63) is 54.1 Å². The molecule has 0 spiro atoms. The van der Waals surface area contributed by atoms with Crippen molar-refractivity contribution in [2.75, 3.05) is 20.8 Å². The molecule has 0 fully saturated rings. The van der Waals surface area contributed by atoms with Crippen LogP contribution in [0.2, 0.25) is 0 Å². The Kier molecular flexibility index (Phi) is 18.3. The van der Waals surface area contributed by atoms with E-state index in [0.29, 0.717) is 30.9 Å². The van der Waals surface area contributed by atoms with Gasteiger partial charge in [-0.15, -0.1) is 0 Å². The molecule has 0 amide bonds. The Bertz CT molecular complexity index is 733. The minimum absolute atomic E-state index is 0.0924. The summed E-state index contributed by atoms with van der Waals surface area (Å²) in [6.07, 6.45) is 27.4. The number of methoxy groups -OCH3 is 2. The van der Waals surface area contributed by atoms with Crippen LogP contribution in [0, 0.1) is 0 Å². The SMILES string of the molecule is CCCCCC=CCC=CCCCCCCCC(=O)OCCC=Cc1ccc(OC)c(OC)c1. The van der Waals surface area contributed by atoms with Crippen LogP contribution < -0.4 is 9.47 Å². The summed E-state index contributed by atoms with van der Waals surface area (Å²) in [7, 11) is 3.25. The number of carbonyl (C=O) groups is 1. The molecule has 0 aliphatic carbocycles. The quantitative estimate of drug-likeness (QED) is 0.109. The molecular formula is C30H46O4. The minimum atomic E-state index is -0.0924. The second-order valence-electron chi connectivity index (χ2n) is 8.51. The second-order valence-corrected chi connectivity index (χ2v) is 8.51. The van der Waals surface area contributed by atoms with Gasteiger partial charge in [0.05, 0.1) is 20.8 Å². The normalized spacial score (nSPS) is 11.6. The smallest absolute Gasteiger partial charge is 0.305 e. The van der Waals surface area contributed by atoms with Gasteiger partial charge < -0.3 is 14.2 Å². The first kappa shape index (κ1) is 29.5. The summed E-state index contributed by atoms with van der Waals surface area (Å²) in [6.45, 7) is 2.66. The summed E-state index contributed by atoms with van der Waals surface area (Å²) in [5.41, 5.74) is 1.02. The molecular weight excluding hydrogens is 424 g/mol. The Labute approximate surface area is 208 Å². The van der Waals surface area contributed by atoms with Gasteiger partial charge >= 0.3 is 5.97 Å². The minimum Gasteiger partial charge on any atom is -0.493 e. The van der Waals surface area contributed by atoms with Crippen LogP contribution in [-0.2, 0) is 9.53 Å². The Morgan fingerprint density at radius 2 is 1.44 bits per heavy atom. The number of hydrogen-bond acceptors (Lipinski definition) is 4. The van der Waals surface area contributed by atoms with Gasteiger partial charge in [0, 0.05) is 6.42 Å². The Morgan fingerprint density at radius 3 is 2.15 bits per heavy atom. The van der Waals surface area contributed by atoms with Crippen LogP contribution in [0.3, 0.4) is 0 Å². The fourth-order valence-electron chi connectivity index (χ4n) is 3.57. The van der Waals surface area contributed by atoms with Crippen LogP contribution in [0.25, 0.3) is 6.08 Å². The lowest BCUT2D eigenvalue weighted by molar-refractivity contribution is -0.143. The molecule has 0 radical (unpaired) electrons. The van der Waals surface area contributed by atoms with Crippen LogP contribution in [0.15, 0.2) is 48.6 Å². The highest BCUT2D eigenvalue weighted by atomic mass is 16.5. The zero-order chi connectivity index (χ0) is 24.7. The molecule has 1 aromatic carbocycles. The average molecular weight is 471 g/mol. The standard InChI is InChI=1S/C30H46O4/c1-4-5-6-7-8-9-10-11-12-13-14-15-16-17-18-22-30(31)34-25-20-19-21-27-23-24-28(32-2)29(26-27)33-3/h8-9,11-12,19,21,23-24,26H,4-7,10,13-18,20,22,25H2,1-3H3. The Morgan fingerprint density at radius 1 is 0.765 bits per heavy atom. The van der Waals surface area contributed by atoms with Crippen molar-refractivity contribution in [2.45, 2.75) is 90.4 Å². The third kappa shape index (κ3) is 15.4. The lowest BCUT2D eigenvalue weighted by Gasteiger charge is -2.07. The lowest BCUT2D eigenvalue weighted by Crippen LogP contribution is -2.04. The molecule has 0 saturated carbocycles. The summed E-state index contributed by atoms with van der Waals surface area (Å²) in [5.74, 6) is 1.32. The molecule has 0 atom stereocenters. The molecule has 0 unspecified atom stereocenters. The maximum absolute atomic E-state index is 11.9. The fraction of sp³-hybridized carbons (Fsp3) is 0.567. The van der Waals surface area contributed by atoms with Crippen LogP contribution >= 0.6 is 0 Å². The maximum atomic E-state index is 11.9. The van der Waals surface area contributed by atoms with E-state index in [0.717, 1.165) is 31.2 Å². The van der Waals surface area contributed by atoms with Crippen LogP contribution in [-0.4, -0.2) is 26.8 Å². The molecule has 0 bridgehead atoms. The van der Waals surface area contributed by atoms with Crippen molar-refractivity contribution >= 4 is 12.0 Å². The van der Waals surface area contributed by atoms with Gasteiger partial charge in [0.25, 0.3) is 0 Å². The molecule has 0 heterocycles. The molecule has 1 aromatic rings. The number of unbranched alkanes of at least 4 members (excludes halogenated alkanes) is 8. The number of carbonyl (C=O) groups excluding carboxylic acids is 1. The van der Waals surface area contributed by atoms with Crippen molar-refractivity contribution in [1.82, 2.24) is 0 Å². The first-order valence-corrected chi connectivity index (χ1v) is 13.1. The Hall–Kier alpha value is -2.49. The number of rotatable bonds is 20. The number of benzene rings is 1. The average Bonchev–Trinajstić information content (AvgIpc) is 2.86. The van der Waals surface area contributed by atoms with Gasteiger partial charge in [0.15, 0.2) is 11.5 Å². The van der Waals surface area contributed by atoms with Gasteiger partial charge in [-0.25, -0.2) is 0 Å². The van der Waals surface area contributed by atoms with E-state index in [2.05, 4.69) is 31.2 Å². The molecule has 0 aromatic heterocycles. The second kappa shape index (κ2) is 21.1. The molecule has 0 saturated heterocycles. The number of esters is 1. The summed E-state index contributed by atoms with van der Waals surface area (Å²) in [6, 6.07) is 5.77. The van der Waals surface area contributed by atoms with Gasteiger partial charge in [-0.05, 0) is 62.6 Å². The monoisotopic (exact) mass is 470 g/mol. The van der Waals surface area contributed by atoms with E-state index in [9.17, 15) is 4.79 Å². The van der Waals surface area contributed by atoms with Crippen molar-refractivity contribution in [1.29, 1.82) is 0 Å². The molecule has 4 nitrogen and oxygen atoms in total. The maximum Gasteiger partial charge on any atom is 0.305 e. The van der Waals surface area contributed by atoms with Crippen molar-refractivity contribution in [3.8, 4) is 11.5 Å². The topological polar surface area (TPSA) is 44.8 Å². The van der Waals surface area contributed by atoms with Crippen molar-refractivity contribution in [3.63, 3.8) is 0 Å². The van der Waals surface area contributed by atoms with E-state index in [-0.39, 0.29) is 5.97 Å². The van der Waals surface area contributed by atoms with Crippen molar-refractivity contribution in [2.24, 2.45) is 0 Å². The molecule has 1 rings (SSSR count). The number of hydrogen-bond donors (Lipinski definition) is 0. The molecule has 4 heteroatoms. The first-order valence-electron chi connectivity index (χ1n) is 13.1. The highest BCUT2D eigenvalue weighted by Gasteiger charge is 2.03. The predicted molar refractivity (Wildman–Crippen MR) is 144 cm³/mol. The summed E-state index contributed by atoms with van der Waals surface area (Å²) in [4.78, 5) is 11.9. The summed E-state index contributed by atoms with van der Waals surface area (Å²) >= 11 is 0.